The van der Waals surface area contributed by atoms with Crippen molar-refractivity contribution in [2.45, 2.75) is 39.2 Å². The van der Waals surface area contributed by atoms with Crippen LogP contribution >= 0.6 is 0 Å². The number of nitrogens with two attached hydrogens (primary N) is 1. The van der Waals surface area contributed by atoms with Gasteiger partial charge >= 0.3 is 0 Å². The average molecular weight is 606 g/mol. The summed E-state index contributed by atoms with van der Waals surface area (Å²) in [6.07, 6.45) is 6.50. The number of nitrogens with zero attached hydrogens (tertiary/aromatic N) is 3. The summed E-state index contributed by atoms with van der Waals surface area (Å²) >= 11 is 0. The van der Waals surface area contributed by atoms with E-state index in [9.17, 15) is 9.59 Å². The van der Waals surface area contributed by atoms with E-state index in [2.05, 4.69) is 52.5 Å². The molecule has 1 fully saturated rings. The van der Waals surface area contributed by atoms with Crippen LogP contribution in [0.1, 0.15) is 47.7 Å². The number of carbonyl (C=O) groups is 2. The summed E-state index contributed by atoms with van der Waals surface area (Å²) in [7, 11) is 1.63. The van der Waals surface area contributed by atoms with Gasteiger partial charge in [0.2, 0.25) is 5.91 Å². The number of anilines is 2. The van der Waals surface area contributed by atoms with Crippen molar-refractivity contribution in [1.82, 2.24) is 9.88 Å². The molecule has 234 valence electrons. The summed E-state index contributed by atoms with van der Waals surface area (Å²) in [4.78, 5) is 35.0. The number of rotatable bonds is 12. The van der Waals surface area contributed by atoms with E-state index in [0.717, 1.165) is 65.3 Å². The summed E-state index contributed by atoms with van der Waals surface area (Å²) < 4.78 is 5.26. The monoisotopic (exact) mass is 605 g/mol. The molecule has 3 aromatic carbocycles. The van der Waals surface area contributed by atoms with E-state index in [4.69, 9.17) is 10.5 Å². The van der Waals surface area contributed by atoms with Crippen LogP contribution in [-0.2, 0) is 17.8 Å². The third-order valence-electron chi connectivity index (χ3n) is 8.38. The van der Waals surface area contributed by atoms with Gasteiger partial charge in [-0.25, -0.2) is 0 Å². The smallest absolute Gasteiger partial charge is 0.255 e. The molecule has 0 atom stereocenters. The number of hydrogen-bond acceptors (Lipinski definition) is 6. The standard InChI is InChI=1S/C37H43N5O3/c1-27-15-20-41(21-16-27)35-14-11-31(24-34(35)40-36(43)23-28-9-12-33(45-2)13-10-28)30-7-3-6-29(22-30)26-42(19-5-17-38)37(44)32-8-4-18-39-25-32/h3-4,6-14,18,22,24-25,27H,5,15-17,19-21,23,26,38H2,1-2H3,(H,40,43). The number of carbonyl (C=O) groups excluding carboxylic acids is 2. The third kappa shape index (κ3) is 8.48. The molecule has 1 aliphatic heterocycles. The maximum atomic E-state index is 13.3. The maximum absolute atomic E-state index is 13.3. The number of pyridine rings is 1. The quantitative estimate of drug-likeness (QED) is 0.201. The fourth-order valence-corrected chi connectivity index (χ4v) is 5.74. The van der Waals surface area contributed by atoms with Gasteiger partial charge < -0.3 is 25.6 Å². The average Bonchev–Trinajstić information content (AvgIpc) is 3.07. The fraction of sp³-hybridized carbons (Fsp3) is 0.324. The highest BCUT2D eigenvalue weighted by Gasteiger charge is 2.21. The highest BCUT2D eigenvalue weighted by Crippen LogP contribution is 2.34. The van der Waals surface area contributed by atoms with Gasteiger partial charge in [-0.05, 0) is 96.4 Å². The molecule has 8 nitrogen and oxygen atoms in total. The van der Waals surface area contributed by atoms with Crippen molar-refractivity contribution in [3.63, 3.8) is 0 Å². The molecule has 0 unspecified atom stereocenters. The van der Waals surface area contributed by atoms with E-state index in [-0.39, 0.29) is 18.2 Å². The topological polar surface area (TPSA) is 101 Å². The second kappa shape index (κ2) is 15.3. The lowest BCUT2D eigenvalue weighted by atomic mass is 9.97. The van der Waals surface area contributed by atoms with Crippen LogP contribution in [0.2, 0.25) is 0 Å². The van der Waals surface area contributed by atoms with E-state index in [1.807, 2.05) is 41.3 Å². The Morgan fingerprint density at radius 3 is 2.47 bits per heavy atom. The molecule has 0 radical (unpaired) electrons. The second-order valence-electron chi connectivity index (χ2n) is 11.8. The zero-order valence-electron chi connectivity index (χ0n) is 26.2. The normalized spacial score (nSPS) is 13.4. The van der Waals surface area contributed by atoms with Gasteiger partial charge in [-0.15, -0.1) is 0 Å². The summed E-state index contributed by atoms with van der Waals surface area (Å²) in [6, 6.07) is 25.7. The van der Waals surface area contributed by atoms with Crippen molar-refractivity contribution >= 4 is 23.2 Å². The first-order valence-corrected chi connectivity index (χ1v) is 15.7. The van der Waals surface area contributed by atoms with Crippen LogP contribution < -0.4 is 20.7 Å². The molecule has 0 saturated carbocycles. The summed E-state index contributed by atoms with van der Waals surface area (Å²) in [5.41, 5.74) is 12.2. The van der Waals surface area contributed by atoms with Crippen LogP contribution in [0.3, 0.4) is 0 Å². The number of methoxy groups -OCH3 is 1. The van der Waals surface area contributed by atoms with Crippen LogP contribution in [0.4, 0.5) is 11.4 Å². The van der Waals surface area contributed by atoms with Gasteiger partial charge in [-0.3, -0.25) is 14.6 Å². The molecule has 1 aromatic heterocycles. The number of benzene rings is 3. The number of hydrogen-bond donors (Lipinski definition) is 2. The van der Waals surface area contributed by atoms with E-state index >= 15 is 0 Å². The van der Waals surface area contributed by atoms with Gasteiger partial charge in [0, 0.05) is 38.6 Å². The Bertz CT molecular complexity index is 1570. The summed E-state index contributed by atoms with van der Waals surface area (Å²) in [6.45, 7) is 5.74. The molecule has 5 rings (SSSR count). The molecule has 3 N–H and O–H groups in total. The highest BCUT2D eigenvalue weighted by molar-refractivity contribution is 5.97. The second-order valence-corrected chi connectivity index (χ2v) is 11.8. The lowest BCUT2D eigenvalue weighted by Gasteiger charge is -2.33. The minimum Gasteiger partial charge on any atom is -0.497 e. The van der Waals surface area contributed by atoms with E-state index < -0.39 is 0 Å². The number of aromatic nitrogens is 1. The van der Waals surface area contributed by atoms with Gasteiger partial charge in [0.15, 0.2) is 0 Å². The van der Waals surface area contributed by atoms with Crippen molar-refractivity contribution in [2.24, 2.45) is 11.7 Å². The lowest BCUT2D eigenvalue weighted by molar-refractivity contribution is -0.115. The molecule has 45 heavy (non-hydrogen) atoms. The molecule has 8 heteroatoms. The molecule has 0 aliphatic carbocycles. The summed E-state index contributed by atoms with van der Waals surface area (Å²) in [5, 5.41) is 3.23. The zero-order valence-corrected chi connectivity index (χ0v) is 26.2. The molecular weight excluding hydrogens is 562 g/mol. The Kier molecular flexibility index (Phi) is 10.8. The molecular formula is C37H43N5O3. The Labute approximate surface area is 266 Å². The predicted molar refractivity (Wildman–Crippen MR) is 180 cm³/mol. The van der Waals surface area contributed by atoms with Crippen molar-refractivity contribution in [3.05, 3.63) is 108 Å². The van der Waals surface area contributed by atoms with Crippen LogP contribution in [0, 0.1) is 5.92 Å². The Balaban J connectivity index is 1.39. The molecule has 4 aromatic rings. The van der Waals surface area contributed by atoms with Crippen LogP contribution in [0.5, 0.6) is 5.75 Å². The first-order chi connectivity index (χ1) is 21.9. The third-order valence-corrected chi connectivity index (χ3v) is 8.38. The van der Waals surface area contributed by atoms with Gasteiger partial charge in [0.05, 0.1) is 30.5 Å². The van der Waals surface area contributed by atoms with Crippen LogP contribution in [0.15, 0.2) is 91.3 Å². The van der Waals surface area contributed by atoms with Crippen LogP contribution in [0.25, 0.3) is 11.1 Å². The van der Waals surface area contributed by atoms with Gasteiger partial charge in [0.25, 0.3) is 5.91 Å². The summed E-state index contributed by atoms with van der Waals surface area (Å²) in [5.74, 6) is 1.33. The molecule has 1 saturated heterocycles. The first-order valence-electron chi connectivity index (χ1n) is 15.7. The zero-order chi connectivity index (χ0) is 31.6. The molecule has 2 heterocycles. The van der Waals surface area contributed by atoms with E-state index in [1.54, 1.807) is 31.6 Å². The Morgan fingerprint density at radius 2 is 1.76 bits per heavy atom. The van der Waals surface area contributed by atoms with Crippen molar-refractivity contribution in [2.75, 3.05) is 43.5 Å². The lowest BCUT2D eigenvalue weighted by Crippen LogP contribution is -2.33. The van der Waals surface area contributed by atoms with Crippen LogP contribution in [-0.4, -0.2) is 55.0 Å². The minimum absolute atomic E-state index is 0.0657. The largest absolute Gasteiger partial charge is 0.497 e. The Hall–Kier alpha value is -4.69. The van der Waals surface area contributed by atoms with Gasteiger partial charge in [-0.2, -0.15) is 0 Å². The van der Waals surface area contributed by atoms with E-state index in [1.165, 1.54) is 0 Å². The van der Waals surface area contributed by atoms with Gasteiger partial charge in [-0.1, -0.05) is 43.3 Å². The minimum atomic E-state index is -0.0674. The number of piperidine rings is 1. The fourth-order valence-electron chi connectivity index (χ4n) is 5.74. The highest BCUT2D eigenvalue weighted by atomic mass is 16.5. The number of nitrogens with one attached hydrogen (secondary N) is 1. The molecule has 0 spiro atoms. The molecule has 2 amide bonds. The number of amides is 2. The predicted octanol–water partition coefficient (Wildman–Crippen LogP) is 6.17. The molecule has 0 bridgehead atoms. The first kappa shape index (κ1) is 31.7. The maximum Gasteiger partial charge on any atom is 0.255 e. The molecule has 1 aliphatic rings. The van der Waals surface area contributed by atoms with E-state index in [0.29, 0.717) is 37.5 Å². The number of ether oxygens (including phenoxy) is 1. The van der Waals surface area contributed by atoms with Crippen molar-refractivity contribution in [1.29, 1.82) is 0 Å². The Morgan fingerprint density at radius 1 is 0.978 bits per heavy atom. The SMILES string of the molecule is COc1ccc(CC(=O)Nc2cc(-c3cccc(CN(CCCN)C(=O)c4cccnc4)c3)ccc2N2CCC(C)CC2)cc1. The van der Waals surface area contributed by atoms with Crippen molar-refractivity contribution < 1.29 is 14.3 Å². The van der Waals surface area contributed by atoms with Gasteiger partial charge in [0.1, 0.15) is 5.75 Å². The van der Waals surface area contributed by atoms with Crippen molar-refractivity contribution in [3.8, 4) is 16.9 Å².